The Morgan fingerprint density at radius 1 is 0.731 bits per heavy atom. The van der Waals surface area contributed by atoms with Gasteiger partial charge in [0.1, 0.15) is 11.4 Å². The molecule has 1 fully saturated rings. The number of anilines is 2. The molecule has 26 heavy (non-hydrogen) atoms. The largest absolute Gasteiger partial charge is 0.361 e. The first-order valence-electron chi connectivity index (χ1n) is 7.76. The van der Waals surface area contributed by atoms with Crippen LogP contribution >= 0.6 is 23.2 Å². The maximum Gasteiger partial charge on any atom is 0.294 e. The number of hydrogen-bond donors (Lipinski definition) is 0. The van der Waals surface area contributed by atoms with Crippen molar-refractivity contribution in [2.45, 2.75) is 0 Å². The van der Waals surface area contributed by atoms with E-state index in [9.17, 15) is 20.2 Å². The first-order chi connectivity index (χ1) is 12.4. The molecule has 1 saturated heterocycles. The highest BCUT2D eigenvalue weighted by Crippen LogP contribution is 2.39. The molecule has 0 bridgehead atoms. The van der Waals surface area contributed by atoms with Gasteiger partial charge < -0.3 is 9.80 Å². The van der Waals surface area contributed by atoms with Gasteiger partial charge in [-0.1, -0.05) is 35.3 Å². The lowest BCUT2D eigenvalue weighted by molar-refractivity contribution is -0.384. The Hall–Kier alpha value is -2.58. The van der Waals surface area contributed by atoms with Gasteiger partial charge in [-0.05, 0) is 12.1 Å². The zero-order chi connectivity index (χ0) is 18.8. The summed E-state index contributed by atoms with van der Waals surface area (Å²) >= 11 is 12.4. The summed E-state index contributed by atoms with van der Waals surface area (Å²) < 4.78 is 0. The predicted octanol–water partition coefficient (Wildman–Crippen LogP) is 4.14. The van der Waals surface area contributed by atoms with E-state index in [1.807, 2.05) is 9.80 Å². The number of rotatable bonds is 4. The van der Waals surface area contributed by atoms with Crippen LogP contribution in [0.15, 0.2) is 36.4 Å². The summed E-state index contributed by atoms with van der Waals surface area (Å²) in [5.41, 5.74) is 0.615. The van der Waals surface area contributed by atoms with Gasteiger partial charge in [0.15, 0.2) is 0 Å². The van der Waals surface area contributed by atoms with Crippen molar-refractivity contribution in [3.05, 3.63) is 66.7 Å². The third-order valence-electron chi connectivity index (χ3n) is 4.24. The van der Waals surface area contributed by atoms with Crippen LogP contribution in [0.4, 0.5) is 22.7 Å². The van der Waals surface area contributed by atoms with Crippen molar-refractivity contribution >= 4 is 46.0 Å². The molecule has 0 saturated carbocycles. The van der Waals surface area contributed by atoms with Crippen LogP contribution in [0.2, 0.25) is 10.0 Å². The van der Waals surface area contributed by atoms with Crippen LogP contribution in [-0.4, -0.2) is 36.0 Å². The standard InChI is InChI=1S/C16H14Cl2N4O4/c17-11-3-1-5-13(21(23)24)15(11)19-7-9-20(10-8-19)16-12(18)4-2-6-14(16)22(25)26/h1-6H,7-10H2. The SMILES string of the molecule is O=[N+]([O-])c1cccc(Cl)c1N1CCN(c2c(Cl)cccc2[N+](=O)[O-])CC1. The van der Waals surface area contributed by atoms with Gasteiger partial charge in [0, 0.05) is 38.3 Å². The van der Waals surface area contributed by atoms with Gasteiger partial charge in [0.25, 0.3) is 11.4 Å². The topological polar surface area (TPSA) is 92.8 Å². The molecule has 0 amide bonds. The maximum absolute atomic E-state index is 11.3. The molecule has 136 valence electrons. The zero-order valence-electron chi connectivity index (χ0n) is 13.5. The Morgan fingerprint density at radius 3 is 1.38 bits per heavy atom. The van der Waals surface area contributed by atoms with Crippen LogP contribution in [0.3, 0.4) is 0 Å². The smallest absolute Gasteiger partial charge is 0.294 e. The third-order valence-corrected chi connectivity index (χ3v) is 4.85. The minimum Gasteiger partial charge on any atom is -0.361 e. The van der Waals surface area contributed by atoms with E-state index in [1.54, 1.807) is 12.1 Å². The molecule has 2 aromatic carbocycles. The summed E-state index contributed by atoms with van der Waals surface area (Å²) in [6.45, 7) is 1.69. The second kappa shape index (κ2) is 7.35. The Kier molecular flexibility index (Phi) is 5.15. The highest BCUT2D eigenvalue weighted by atomic mass is 35.5. The Bertz CT molecular complexity index is 798. The molecule has 0 N–H and O–H groups in total. The van der Waals surface area contributed by atoms with Gasteiger partial charge in [0.2, 0.25) is 0 Å². The fourth-order valence-corrected chi connectivity index (χ4v) is 3.66. The molecule has 0 unspecified atom stereocenters. The molecular weight excluding hydrogens is 383 g/mol. The van der Waals surface area contributed by atoms with E-state index in [-0.39, 0.29) is 11.4 Å². The molecule has 10 heteroatoms. The van der Waals surface area contributed by atoms with E-state index in [0.717, 1.165) is 0 Å². The van der Waals surface area contributed by atoms with Crippen molar-refractivity contribution in [3.8, 4) is 0 Å². The monoisotopic (exact) mass is 396 g/mol. The highest BCUT2D eigenvalue weighted by Gasteiger charge is 2.29. The average molecular weight is 397 g/mol. The number of piperazine rings is 1. The van der Waals surface area contributed by atoms with Crippen molar-refractivity contribution in [2.24, 2.45) is 0 Å². The molecule has 1 heterocycles. The first-order valence-corrected chi connectivity index (χ1v) is 8.51. The summed E-state index contributed by atoms with van der Waals surface area (Å²) in [4.78, 5) is 25.3. The predicted molar refractivity (Wildman–Crippen MR) is 101 cm³/mol. The van der Waals surface area contributed by atoms with Crippen LogP contribution in [-0.2, 0) is 0 Å². The molecule has 2 aromatic rings. The fraction of sp³-hybridized carbons (Fsp3) is 0.250. The lowest BCUT2D eigenvalue weighted by Gasteiger charge is -2.37. The second-order valence-electron chi connectivity index (χ2n) is 5.70. The number of para-hydroxylation sites is 2. The molecule has 1 aliphatic heterocycles. The summed E-state index contributed by atoms with van der Waals surface area (Å²) in [5, 5.41) is 23.2. The van der Waals surface area contributed by atoms with Crippen LogP contribution < -0.4 is 9.80 Å². The van der Waals surface area contributed by atoms with E-state index in [1.165, 1.54) is 24.3 Å². The quantitative estimate of drug-likeness (QED) is 0.569. The van der Waals surface area contributed by atoms with Crippen molar-refractivity contribution in [1.82, 2.24) is 0 Å². The van der Waals surface area contributed by atoms with Crippen molar-refractivity contribution < 1.29 is 9.85 Å². The third kappa shape index (κ3) is 3.38. The zero-order valence-corrected chi connectivity index (χ0v) is 15.0. The van der Waals surface area contributed by atoms with Gasteiger partial charge >= 0.3 is 0 Å². The number of nitro groups is 2. The molecule has 0 aliphatic carbocycles. The van der Waals surface area contributed by atoms with Crippen LogP contribution in [0.1, 0.15) is 0 Å². The summed E-state index contributed by atoms with van der Waals surface area (Å²) in [7, 11) is 0. The Labute approximate surface area is 158 Å². The van der Waals surface area contributed by atoms with E-state index in [2.05, 4.69) is 0 Å². The van der Waals surface area contributed by atoms with Crippen LogP contribution in [0, 0.1) is 20.2 Å². The molecule has 1 aliphatic rings. The van der Waals surface area contributed by atoms with E-state index in [4.69, 9.17) is 23.2 Å². The first kappa shape index (κ1) is 18.2. The average Bonchev–Trinajstić information content (AvgIpc) is 2.61. The van der Waals surface area contributed by atoms with Gasteiger partial charge in [-0.15, -0.1) is 0 Å². The summed E-state index contributed by atoms with van der Waals surface area (Å²) in [5.74, 6) is 0. The summed E-state index contributed by atoms with van der Waals surface area (Å²) in [6, 6.07) is 9.10. The van der Waals surface area contributed by atoms with E-state index < -0.39 is 9.85 Å². The number of hydrogen-bond acceptors (Lipinski definition) is 6. The van der Waals surface area contributed by atoms with E-state index >= 15 is 0 Å². The van der Waals surface area contributed by atoms with E-state index in [0.29, 0.717) is 47.6 Å². The fourth-order valence-electron chi connectivity index (χ4n) is 3.08. The molecule has 0 radical (unpaired) electrons. The minimum absolute atomic E-state index is 0.0605. The molecule has 0 atom stereocenters. The van der Waals surface area contributed by atoms with Crippen molar-refractivity contribution in [3.63, 3.8) is 0 Å². The van der Waals surface area contributed by atoms with Crippen LogP contribution in [0.5, 0.6) is 0 Å². The molecule has 8 nitrogen and oxygen atoms in total. The van der Waals surface area contributed by atoms with Gasteiger partial charge in [-0.2, -0.15) is 0 Å². The maximum atomic E-state index is 11.3. The molecule has 0 spiro atoms. The Balaban J connectivity index is 1.86. The molecule has 0 aromatic heterocycles. The molecular formula is C16H14Cl2N4O4. The Morgan fingerprint density at radius 2 is 1.08 bits per heavy atom. The lowest BCUT2D eigenvalue weighted by Crippen LogP contribution is -2.47. The summed E-state index contributed by atoms with van der Waals surface area (Å²) in [6.07, 6.45) is 0. The normalized spacial score (nSPS) is 14.4. The van der Waals surface area contributed by atoms with Crippen LogP contribution in [0.25, 0.3) is 0 Å². The van der Waals surface area contributed by atoms with Crippen molar-refractivity contribution in [1.29, 1.82) is 0 Å². The van der Waals surface area contributed by atoms with Crippen molar-refractivity contribution in [2.75, 3.05) is 36.0 Å². The molecule has 3 rings (SSSR count). The lowest BCUT2D eigenvalue weighted by atomic mass is 10.2. The minimum atomic E-state index is -0.466. The number of benzene rings is 2. The van der Waals surface area contributed by atoms with Gasteiger partial charge in [-0.25, -0.2) is 0 Å². The van der Waals surface area contributed by atoms with Gasteiger partial charge in [-0.3, -0.25) is 20.2 Å². The highest BCUT2D eigenvalue weighted by molar-refractivity contribution is 6.34. The number of nitrogens with zero attached hydrogens (tertiary/aromatic N) is 4. The van der Waals surface area contributed by atoms with Gasteiger partial charge in [0.05, 0.1) is 19.9 Å². The number of halogens is 2. The number of nitro benzene ring substituents is 2. The second-order valence-corrected chi connectivity index (χ2v) is 6.52.